The van der Waals surface area contributed by atoms with Gasteiger partial charge in [0.05, 0.1) is 40.2 Å². The Balaban J connectivity index is 1.92. The predicted molar refractivity (Wildman–Crippen MR) is 146 cm³/mol. The van der Waals surface area contributed by atoms with Gasteiger partial charge in [-0.25, -0.2) is 9.37 Å². The van der Waals surface area contributed by atoms with Gasteiger partial charge in [0.25, 0.3) is 0 Å². The fourth-order valence-electron chi connectivity index (χ4n) is 3.67. The lowest BCUT2D eigenvalue weighted by Gasteiger charge is -2.27. The molecule has 0 aliphatic rings. The molecule has 1 amide bonds. The van der Waals surface area contributed by atoms with Gasteiger partial charge in [0, 0.05) is 35.3 Å². The van der Waals surface area contributed by atoms with Gasteiger partial charge >= 0.3 is 0 Å². The Bertz CT molecular complexity index is 1320. The lowest BCUT2D eigenvalue weighted by Crippen LogP contribution is -2.40. The second-order valence-corrected chi connectivity index (χ2v) is 9.38. The smallest absolute Gasteiger partial charge is 0.224 e. The van der Waals surface area contributed by atoms with E-state index in [0.29, 0.717) is 34.8 Å². The average molecular weight is 508 g/mol. The molecule has 8 heteroatoms. The molecular formula is C28H31ClFN5O. The first-order valence-corrected chi connectivity index (χ1v) is 12.2. The van der Waals surface area contributed by atoms with E-state index in [0.717, 1.165) is 5.69 Å². The Morgan fingerprint density at radius 1 is 1.22 bits per heavy atom. The molecule has 6 nitrogen and oxygen atoms in total. The number of pyridine rings is 2. The minimum Gasteiger partial charge on any atom is -0.366 e. The highest BCUT2D eigenvalue weighted by Gasteiger charge is 2.19. The standard InChI is InChI=1S/C28H31ClFN5O/c1-6-7-12-35(16-18(4)28(36)33-17(2)3)21-14-26-25(32-15-21)11-10-24(34-26)19(5)27(31)22-13-20(29)8-9-23(22)30/h6-11,13-15,17-18,31H,5,12,16H2,1-4H3,(H,33,36)/b7-6-,31-27?. The summed E-state index contributed by atoms with van der Waals surface area (Å²) in [6, 6.07) is 9.55. The number of allylic oxidation sites excluding steroid dienone is 2. The number of halogens is 2. The molecule has 188 valence electrons. The maximum absolute atomic E-state index is 14.3. The van der Waals surface area contributed by atoms with Gasteiger partial charge in [-0.2, -0.15) is 0 Å². The van der Waals surface area contributed by atoms with Gasteiger partial charge in [0.15, 0.2) is 0 Å². The number of hydrogen-bond acceptors (Lipinski definition) is 5. The Morgan fingerprint density at radius 3 is 2.67 bits per heavy atom. The Labute approximate surface area is 216 Å². The van der Waals surface area contributed by atoms with Gasteiger partial charge in [0.1, 0.15) is 5.82 Å². The maximum atomic E-state index is 14.3. The fraction of sp³-hybridized carbons (Fsp3) is 0.286. The Hall–Kier alpha value is -3.58. The van der Waals surface area contributed by atoms with E-state index < -0.39 is 5.82 Å². The van der Waals surface area contributed by atoms with Crippen molar-refractivity contribution in [3.05, 3.63) is 83.4 Å². The molecule has 1 atom stereocenters. The molecule has 1 aromatic carbocycles. The maximum Gasteiger partial charge on any atom is 0.224 e. The quantitative estimate of drug-likeness (QED) is 0.258. The van der Waals surface area contributed by atoms with Crippen molar-refractivity contribution >= 4 is 45.5 Å². The summed E-state index contributed by atoms with van der Waals surface area (Å²) in [5, 5.41) is 11.8. The van der Waals surface area contributed by atoms with Crippen LogP contribution in [-0.2, 0) is 4.79 Å². The van der Waals surface area contributed by atoms with Crippen LogP contribution in [0.1, 0.15) is 39.0 Å². The molecule has 1 unspecified atom stereocenters. The number of carbonyl (C=O) groups excluding carboxylic acids is 1. The van der Waals surface area contributed by atoms with E-state index in [1.807, 2.05) is 45.9 Å². The summed E-state index contributed by atoms with van der Waals surface area (Å²) in [4.78, 5) is 23.8. The molecular weight excluding hydrogens is 477 g/mol. The van der Waals surface area contributed by atoms with Gasteiger partial charge in [-0.1, -0.05) is 37.3 Å². The van der Waals surface area contributed by atoms with Crippen molar-refractivity contribution in [3.8, 4) is 0 Å². The molecule has 0 saturated heterocycles. The predicted octanol–water partition coefficient (Wildman–Crippen LogP) is 6.05. The average Bonchev–Trinajstić information content (AvgIpc) is 2.85. The molecule has 0 aliphatic heterocycles. The Morgan fingerprint density at radius 2 is 1.97 bits per heavy atom. The third kappa shape index (κ3) is 6.55. The summed E-state index contributed by atoms with van der Waals surface area (Å²) in [5.41, 5.74) is 2.78. The summed E-state index contributed by atoms with van der Waals surface area (Å²) in [6.45, 7) is 12.8. The summed E-state index contributed by atoms with van der Waals surface area (Å²) >= 11 is 6.00. The van der Waals surface area contributed by atoms with Crippen molar-refractivity contribution in [2.24, 2.45) is 5.92 Å². The zero-order valence-electron chi connectivity index (χ0n) is 21.0. The first kappa shape index (κ1) is 27.0. The number of anilines is 1. The molecule has 0 spiro atoms. The highest BCUT2D eigenvalue weighted by Crippen LogP contribution is 2.25. The number of rotatable bonds is 10. The molecule has 0 aliphatic carbocycles. The number of amides is 1. The lowest BCUT2D eigenvalue weighted by atomic mass is 10.00. The molecule has 2 N–H and O–H groups in total. The first-order valence-electron chi connectivity index (χ1n) is 11.8. The third-order valence-electron chi connectivity index (χ3n) is 5.63. The van der Waals surface area contributed by atoms with Crippen molar-refractivity contribution in [1.82, 2.24) is 15.3 Å². The highest BCUT2D eigenvalue weighted by molar-refractivity contribution is 6.33. The van der Waals surface area contributed by atoms with Gasteiger partial charge in [-0.15, -0.1) is 0 Å². The normalized spacial score (nSPS) is 12.2. The molecule has 0 fully saturated rings. The second kappa shape index (κ2) is 11.9. The summed E-state index contributed by atoms with van der Waals surface area (Å²) in [6.07, 6.45) is 5.74. The van der Waals surface area contributed by atoms with Crippen LogP contribution < -0.4 is 10.2 Å². The van der Waals surface area contributed by atoms with E-state index in [1.54, 1.807) is 18.3 Å². The molecule has 0 radical (unpaired) electrons. The molecule has 3 aromatic rings. The number of benzene rings is 1. The van der Waals surface area contributed by atoms with Crippen LogP contribution in [0.2, 0.25) is 5.02 Å². The van der Waals surface area contributed by atoms with Crippen molar-refractivity contribution < 1.29 is 9.18 Å². The van der Waals surface area contributed by atoms with Crippen LogP contribution in [-0.4, -0.2) is 40.7 Å². The van der Waals surface area contributed by atoms with E-state index >= 15 is 0 Å². The topological polar surface area (TPSA) is 82.0 Å². The molecule has 0 saturated carbocycles. The van der Waals surface area contributed by atoms with Crippen LogP contribution in [0.4, 0.5) is 10.1 Å². The van der Waals surface area contributed by atoms with E-state index in [1.165, 1.54) is 18.2 Å². The van der Waals surface area contributed by atoms with Crippen molar-refractivity contribution in [2.75, 3.05) is 18.0 Å². The molecule has 2 heterocycles. The lowest BCUT2D eigenvalue weighted by molar-refractivity contribution is -0.124. The van der Waals surface area contributed by atoms with Crippen LogP contribution in [0.5, 0.6) is 0 Å². The number of nitrogens with one attached hydrogen (secondary N) is 2. The molecule has 36 heavy (non-hydrogen) atoms. The van der Waals surface area contributed by atoms with Gasteiger partial charge < -0.3 is 10.2 Å². The third-order valence-corrected chi connectivity index (χ3v) is 5.87. The summed E-state index contributed by atoms with van der Waals surface area (Å²) in [7, 11) is 0. The van der Waals surface area contributed by atoms with E-state index in [-0.39, 0.29) is 34.7 Å². The van der Waals surface area contributed by atoms with Crippen molar-refractivity contribution in [2.45, 2.75) is 33.7 Å². The minimum absolute atomic E-state index is 0.00676. The first-order chi connectivity index (χ1) is 17.1. The van der Waals surface area contributed by atoms with E-state index in [4.69, 9.17) is 17.0 Å². The minimum atomic E-state index is -0.550. The van der Waals surface area contributed by atoms with Crippen LogP contribution >= 0.6 is 11.6 Å². The number of carbonyl (C=O) groups is 1. The zero-order valence-corrected chi connectivity index (χ0v) is 21.7. The van der Waals surface area contributed by atoms with E-state index in [9.17, 15) is 9.18 Å². The molecule has 0 bridgehead atoms. The fourth-order valence-corrected chi connectivity index (χ4v) is 3.85. The zero-order chi connectivity index (χ0) is 26.4. The highest BCUT2D eigenvalue weighted by atomic mass is 35.5. The van der Waals surface area contributed by atoms with Gasteiger partial charge in [-0.3, -0.25) is 15.2 Å². The summed E-state index contributed by atoms with van der Waals surface area (Å²) < 4.78 is 14.3. The largest absolute Gasteiger partial charge is 0.366 e. The molecule has 3 rings (SSSR count). The van der Waals surface area contributed by atoms with Gasteiger partial charge in [-0.05, 0) is 57.2 Å². The van der Waals surface area contributed by atoms with Crippen molar-refractivity contribution in [3.63, 3.8) is 0 Å². The second-order valence-electron chi connectivity index (χ2n) is 8.94. The number of fused-ring (bicyclic) bond motifs is 1. The SMILES string of the molecule is C=C(C(=N)c1cc(Cl)ccc1F)c1ccc2ncc(N(C/C=C\C)CC(C)C(=O)NC(C)C)cc2n1. The number of nitrogens with zero attached hydrogens (tertiary/aromatic N) is 3. The van der Waals surface area contributed by atoms with E-state index in [2.05, 4.69) is 26.8 Å². The van der Waals surface area contributed by atoms with Crippen molar-refractivity contribution in [1.29, 1.82) is 5.41 Å². The van der Waals surface area contributed by atoms with Crippen LogP contribution in [0.3, 0.4) is 0 Å². The monoisotopic (exact) mass is 507 g/mol. The van der Waals surface area contributed by atoms with Gasteiger partial charge in [0.2, 0.25) is 5.91 Å². The van der Waals surface area contributed by atoms with Crippen LogP contribution in [0.25, 0.3) is 16.6 Å². The number of aromatic nitrogens is 2. The van der Waals surface area contributed by atoms with Crippen LogP contribution in [0, 0.1) is 17.1 Å². The molecule has 2 aromatic heterocycles. The number of hydrogen-bond donors (Lipinski definition) is 2. The summed E-state index contributed by atoms with van der Waals surface area (Å²) in [5.74, 6) is -0.793. The van der Waals surface area contributed by atoms with Crippen LogP contribution in [0.15, 0.2) is 61.3 Å². The Kier molecular flexibility index (Phi) is 8.93.